The summed E-state index contributed by atoms with van der Waals surface area (Å²) >= 11 is 0. The second-order valence-electron chi connectivity index (χ2n) is 9.23. The molecular formula is C20H31N5O2Si. The highest BCUT2D eigenvalue weighted by Gasteiger charge is 2.59. The molecule has 0 bridgehead atoms. The zero-order valence-corrected chi connectivity index (χ0v) is 18.9. The van der Waals surface area contributed by atoms with Crippen molar-refractivity contribution in [2.24, 2.45) is 5.92 Å². The molecule has 28 heavy (non-hydrogen) atoms. The van der Waals surface area contributed by atoms with Crippen molar-refractivity contribution in [3.63, 3.8) is 0 Å². The van der Waals surface area contributed by atoms with E-state index in [0.29, 0.717) is 17.0 Å². The molecule has 1 fully saturated rings. The Bertz CT molecular complexity index is 913. The van der Waals surface area contributed by atoms with Gasteiger partial charge in [-0.1, -0.05) is 34.6 Å². The second kappa shape index (κ2) is 6.83. The molecule has 1 saturated heterocycles. The molecule has 8 heteroatoms. The Hall–Kier alpha value is -1.95. The monoisotopic (exact) mass is 401 g/mol. The topological polar surface area (TPSA) is 98.5 Å². The van der Waals surface area contributed by atoms with Crippen molar-refractivity contribution in [3.05, 3.63) is 24.2 Å². The van der Waals surface area contributed by atoms with Gasteiger partial charge in [-0.15, -0.1) is 0 Å². The van der Waals surface area contributed by atoms with E-state index in [1.807, 2.05) is 12.1 Å². The summed E-state index contributed by atoms with van der Waals surface area (Å²) in [6, 6.07) is 6.15. The molecule has 2 N–H and O–H groups in total. The Balaban J connectivity index is 2.18. The fraction of sp³-hybridized carbons (Fsp3) is 0.650. The van der Waals surface area contributed by atoms with E-state index in [4.69, 9.17) is 14.9 Å². The first-order valence-corrected chi connectivity index (χ1v) is 12.7. The molecule has 2 aromatic rings. The Kier molecular flexibility index (Phi) is 5.07. The van der Waals surface area contributed by atoms with E-state index in [0.717, 1.165) is 6.42 Å². The number of anilines is 1. The van der Waals surface area contributed by atoms with Gasteiger partial charge in [0.05, 0.1) is 17.9 Å². The number of nitriles is 1. The fourth-order valence-electron chi connectivity index (χ4n) is 3.71. The maximum absolute atomic E-state index is 10.4. The minimum absolute atomic E-state index is 0.0199. The summed E-state index contributed by atoms with van der Waals surface area (Å²) in [4.78, 5) is 4.05. The Morgan fingerprint density at radius 2 is 2.07 bits per heavy atom. The van der Waals surface area contributed by atoms with Crippen molar-refractivity contribution in [1.29, 1.82) is 5.26 Å². The van der Waals surface area contributed by atoms with Crippen LogP contribution in [0.3, 0.4) is 0 Å². The molecule has 0 aliphatic carbocycles. The lowest BCUT2D eigenvalue weighted by atomic mass is 9.87. The molecule has 4 atom stereocenters. The average Bonchev–Trinajstić information content (AvgIpc) is 3.16. The lowest BCUT2D eigenvalue weighted by Gasteiger charge is -2.42. The first kappa shape index (κ1) is 20.8. The van der Waals surface area contributed by atoms with Gasteiger partial charge in [-0.25, -0.2) is 9.50 Å². The van der Waals surface area contributed by atoms with E-state index >= 15 is 0 Å². The van der Waals surface area contributed by atoms with Crippen LogP contribution in [-0.4, -0.2) is 35.1 Å². The van der Waals surface area contributed by atoms with Crippen LogP contribution >= 0.6 is 0 Å². The van der Waals surface area contributed by atoms with Crippen molar-refractivity contribution in [2.75, 3.05) is 5.73 Å². The molecule has 0 radical (unpaired) electrons. The van der Waals surface area contributed by atoms with Crippen LogP contribution in [0.25, 0.3) is 5.52 Å². The lowest BCUT2D eigenvalue weighted by Crippen LogP contribution is -2.51. The van der Waals surface area contributed by atoms with Gasteiger partial charge >= 0.3 is 0 Å². The first-order chi connectivity index (χ1) is 13.0. The predicted molar refractivity (Wildman–Crippen MR) is 111 cm³/mol. The number of nitrogens with two attached hydrogens (primary N) is 1. The number of ether oxygens (including phenoxy) is 1. The van der Waals surface area contributed by atoms with Crippen LogP contribution in [0.5, 0.6) is 0 Å². The molecule has 0 aromatic carbocycles. The summed E-state index contributed by atoms with van der Waals surface area (Å²) < 4.78 is 14.9. The zero-order chi connectivity index (χ0) is 20.9. The number of rotatable bonds is 4. The number of nitrogens with zero attached hydrogens (tertiary/aromatic N) is 4. The van der Waals surface area contributed by atoms with E-state index in [1.54, 1.807) is 4.52 Å². The molecule has 1 aliphatic heterocycles. The van der Waals surface area contributed by atoms with Gasteiger partial charge in [-0.2, -0.15) is 10.4 Å². The Morgan fingerprint density at radius 3 is 2.64 bits per heavy atom. The van der Waals surface area contributed by atoms with Crippen molar-refractivity contribution in [2.45, 2.75) is 77.0 Å². The Labute approximate surface area is 168 Å². The van der Waals surface area contributed by atoms with E-state index in [2.05, 4.69) is 63.9 Å². The standard InChI is InChI=1S/C20H31N5O2Si/c1-8-15-13(2)17(27-28(6,7)19(3,4)5)20(11-21,26-15)16-10-9-14-18(22)23-12-24-25(14)16/h9-10,12-13,15,17H,8H2,1-7H3,(H2,22,23,24)/t13-,15-,17-,20+/m1/s1. The van der Waals surface area contributed by atoms with Crippen molar-refractivity contribution < 1.29 is 9.16 Å². The first-order valence-electron chi connectivity index (χ1n) is 9.84. The summed E-state index contributed by atoms with van der Waals surface area (Å²) in [6.45, 7) is 15.2. The third-order valence-electron chi connectivity index (χ3n) is 6.46. The van der Waals surface area contributed by atoms with E-state index in [1.165, 1.54) is 6.33 Å². The third-order valence-corrected chi connectivity index (χ3v) is 10.9. The van der Waals surface area contributed by atoms with Crippen LogP contribution in [0, 0.1) is 17.2 Å². The molecule has 0 spiro atoms. The van der Waals surface area contributed by atoms with E-state index < -0.39 is 20.0 Å². The molecule has 1 aliphatic rings. The van der Waals surface area contributed by atoms with Crippen LogP contribution in [0.2, 0.25) is 18.1 Å². The second-order valence-corrected chi connectivity index (χ2v) is 14.0. The van der Waals surface area contributed by atoms with Crippen molar-refractivity contribution in [1.82, 2.24) is 14.6 Å². The molecular weight excluding hydrogens is 370 g/mol. The van der Waals surface area contributed by atoms with Gasteiger partial charge < -0.3 is 14.9 Å². The number of hydrogen-bond acceptors (Lipinski definition) is 6. The van der Waals surface area contributed by atoms with Gasteiger partial charge in [0, 0.05) is 5.92 Å². The van der Waals surface area contributed by atoms with Crippen LogP contribution < -0.4 is 5.73 Å². The predicted octanol–water partition coefficient (Wildman–Crippen LogP) is 3.87. The highest BCUT2D eigenvalue weighted by Crippen LogP contribution is 2.49. The van der Waals surface area contributed by atoms with E-state index in [9.17, 15) is 5.26 Å². The largest absolute Gasteiger partial charge is 0.409 e. The molecule has 152 valence electrons. The molecule has 3 heterocycles. The van der Waals surface area contributed by atoms with Crippen LogP contribution in [0.15, 0.2) is 18.5 Å². The molecule has 0 saturated carbocycles. The number of nitrogen functional groups attached to an aromatic ring is 1. The summed E-state index contributed by atoms with van der Waals surface area (Å²) in [6.07, 6.45) is 1.75. The fourth-order valence-corrected chi connectivity index (χ4v) is 5.07. The van der Waals surface area contributed by atoms with Crippen LogP contribution in [0.4, 0.5) is 5.82 Å². The summed E-state index contributed by atoms with van der Waals surface area (Å²) in [5.74, 6) is 0.442. The summed E-state index contributed by atoms with van der Waals surface area (Å²) in [7, 11) is -2.15. The number of fused-ring (bicyclic) bond motifs is 1. The SMILES string of the molecule is CC[C@H]1O[C@@](C#N)(c2ccc3c(N)ncnn23)[C@H](O[Si](C)(C)C(C)(C)C)[C@@H]1C. The number of aromatic nitrogens is 3. The zero-order valence-electron chi connectivity index (χ0n) is 17.9. The summed E-state index contributed by atoms with van der Waals surface area (Å²) in [5.41, 5.74) is 6.07. The normalized spacial score (nSPS) is 28.6. The minimum Gasteiger partial charge on any atom is -0.409 e. The average molecular weight is 402 g/mol. The molecule has 0 amide bonds. The highest BCUT2D eigenvalue weighted by molar-refractivity contribution is 6.74. The van der Waals surface area contributed by atoms with Gasteiger partial charge in [0.25, 0.3) is 0 Å². The van der Waals surface area contributed by atoms with Crippen molar-refractivity contribution >= 4 is 19.7 Å². The molecule has 7 nitrogen and oxygen atoms in total. The lowest BCUT2D eigenvalue weighted by molar-refractivity contribution is -0.0474. The Morgan fingerprint density at radius 1 is 1.39 bits per heavy atom. The van der Waals surface area contributed by atoms with E-state index in [-0.39, 0.29) is 17.1 Å². The van der Waals surface area contributed by atoms with Crippen molar-refractivity contribution in [3.8, 4) is 6.07 Å². The summed E-state index contributed by atoms with van der Waals surface area (Å²) in [5, 5.41) is 14.8. The van der Waals surface area contributed by atoms with Gasteiger partial charge in [0.2, 0.25) is 5.60 Å². The highest BCUT2D eigenvalue weighted by atomic mass is 28.4. The molecule has 2 aromatic heterocycles. The minimum atomic E-state index is -2.15. The maximum Gasteiger partial charge on any atom is 0.222 e. The molecule has 3 rings (SSSR count). The van der Waals surface area contributed by atoms with Gasteiger partial charge in [-0.05, 0) is 36.7 Å². The molecule has 0 unspecified atom stereocenters. The van der Waals surface area contributed by atoms with Gasteiger partial charge in [0.1, 0.15) is 17.9 Å². The van der Waals surface area contributed by atoms with Gasteiger partial charge in [0.15, 0.2) is 14.1 Å². The van der Waals surface area contributed by atoms with Crippen LogP contribution in [0.1, 0.15) is 46.7 Å². The van der Waals surface area contributed by atoms with Crippen LogP contribution in [-0.2, 0) is 14.8 Å². The quantitative estimate of drug-likeness (QED) is 0.781. The third kappa shape index (κ3) is 3.02. The van der Waals surface area contributed by atoms with Gasteiger partial charge in [-0.3, -0.25) is 0 Å². The smallest absolute Gasteiger partial charge is 0.222 e. The maximum atomic E-state index is 10.4. The number of hydrogen-bond donors (Lipinski definition) is 1.